The van der Waals surface area contributed by atoms with Gasteiger partial charge in [0.05, 0.1) is 19.7 Å². The first kappa shape index (κ1) is 21.3. The molecule has 0 unspecified atom stereocenters. The summed E-state index contributed by atoms with van der Waals surface area (Å²) in [7, 11) is 3.20. The zero-order valence-corrected chi connectivity index (χ0v) is 18.7. The van der Waals surface area contributed by atoms with Crippen molar-refractivity contribution in [3.63, 3.8) is 0 Å². The summed E-state index contributed by atoms with van der Waals surface area (Å²) >= 11 is 0. The summed E-state index contributed by atoms with van der Waals surface area (Å²) in [5, 5.41) is 2.91. The number of amides is 1. The van der Waals surface area contributed by atoms with Crippen molar-refractivity contribution in [1.29, 1.82) is 0 Å². The van der Waals surface area contributed by atoms with Crippen LogP contribution in [0.2, 0.25) is 0 Å². The highest BCUT2D eigenvalue weighted by atomic mass is 16.5. The number of benzene rings is 4. The molecule has 2 N–H and O–H groups in total. The topological polar surface area (TPSA) is 83.7 Å². The fraction of sp³-hybridized carbons (Fsp3) is 0.0714. The molecule has 168 valence electrons. The van der Waals surface area contributed by atoms with Crippen LogP contribution in [-0.2, 0) is 0 Å². The summed E-state index contributed by atoms with van der Waals surface area (Å²) in [5.41, 5.74) is 8.60. The number of rotatable bonds is 6. The quantitative estimate of drug-likeness (QED) is 0.345. The number of carbonyl (C=O) groups excluding carboxylic acids is 1. The zero-order valence-electron chi connectivity index (χ0n) is 18.7. The van der Waals surface area contributed by atoms with Crippen LogP contribution < -0.4 is 19.9 Å². The molecule has 34 heavy (non-hydrogen) atoms. The number of ether oxygens (including phenoxy) is 3. The molecule has 5 rings (SSSR count). The number of primary amides is 1. The summed E-state index contributed by atoms with van der Waals surface area (Å²) in [6.07, 6.45) is 1.71. The van der Waals surface area contributed by atoms with Gasteiger partial charge in [0.15, 0.2) is 11.5 Å². The molecule has 0 bridgehead atoms. The highest BCUT2D eigenvalue weighted by Gasteiger charge is 2.12. The van der Waals surface area contributed by atoms with Gasteiger partial charge in [0.1, 0.15) is 11.5 Å². The number of methoxy groups -OCH3 is 2. The van der Waals surface area contributed by atoms with Crippen molar-refractivity contribution in [1.82, 2.24) is 4.98 Å². The number of nitrogens with two attached hydrogens (primary N) is 1. The molecule has 1 aromatic heterocycles. The van der Waals surface area contributed by atoms with Crippen LogP contribution in [0.3, 0.4) is 0 Å². The molecule has 6 heteroatoms. The van der Waals surface area contributed by atoms with Crippen LogP contribution >= 0.6 is 0 Å². The zero-order chi connectivity index (χ0) is 23.7. The van der Waals surface area contributed by atoms with Crippen LogP contribution in [0.5, 0.6) is 23.0 Å². The minimum atomic E-state index is -0.441. The van der Waals surface area contributed by atoms with E-state index in [4.69, 9.17) is 19.9 Å². The van der Waals surface area contributed by atoms with Crippen LogP contribution in [-0.4, -0.2) is 25.1 Å². The lowest BCUT2D eigenvalue weighted by molar-refractivity contribution is 0.100. The Morgan fingerprint density at radius 2 is 1.50 bits per heavy atom. The first-order chi connectivity index (χ1) is 16.6. The van der Waals surface area contributed by atoms with Crippen molar-refractivity contribution < 1.29 is 19.0 Å². The molecule has 6 nitrogen and oxygen atoms in total. The molecule has 1 heterocycles. The second kappa shape index (κ2) is 8.75. The van der Waals surface area contributed by atoms with Gasteiger partial charge in [0.2, 0.25) is 5.91 Å². The second-order valence-electron chi connectivity index (χ2n) is 7.80. The van der Waals surface area contributed by atoms with Gasteiger partial charge in [-0.1, -0.05) is 30.3 Å². The second-order valence-corrected chi connectivity index (χ2v) is 7.80. The molecule has 4 aromatic carbocycles. The summed E-state index contributed by atoms with van der Waals surface area (Å²) in [4.78, 5) is 16.0. The van der Waals surface area contributed by atoms with Crippen molar-refractivity contribution >= 4 is 27.6 Å². The van der Waals surface area contributed by atoms with E-state index in [-0.39, 0.29) is 0 Å². The van der Waals surface area contributed by atoms with Crippen molar-refractivity contribution in [2.75, 3.05) is 14.2 Å². The minimum absolute atomic E-state index is 0.441. The molecule has 0 spiro atoms. The Kier molecular flexibility index (Phi) is 5.47. The Balaban J connectivity index is 1.49. The monoisotopic (exact) mass is 450 g/mol. The number of carbonyl (C=O) groups is 1. The number of aromatic nitrogens is 1. The number of hydrogen-bond donors (Lipinski definition) is 1. The Labute approximate surface area is 196 Å². The predicted octanol–water partition coefficient (Wildman–Crippen LogP) is 5.96. The van der Waals surface area contributed by atoms with Crippen LogP contribution in [0.25, 0.3) is 32.8 Å². The van der Waals surface area contributed by atoms with Gasteiger partial charge in [-0.3, -0.25) is 9.78 Å². The number of hydrogen-bond acceptors (Lipinski definition) is 5. The molecule has 0 aliphatic carbocycles. The lowest BCUT2D eigenvalue weighted by atomic mass is 9.99. The lowest BCUT2D eigenvalue weighted by Crippen LogP contribution is -2.10. The summed E-state index contributed by atoms with van der Waals surface area (Å²) in [6.45, 7) is 0. The standard InChI is InChI=1S/C28H22N2O4/c1-32-26-15-23-24(16-27(26)33-2)30-11-10-25(23)34-22-9-8-19-12-18(6-7-20(19)14-22)17-4-3-5-21(13-17)28(29)31/h3-16H,1-2H3,(H2,29,31). The number of fused-ring (bicyclic) bond motifs is 2. The van der Waals surface area contributed by atoms with E-state index in [2.05, 4.69) is 11.1 Å². The van der Waals surface area contributed by atoms with Gasteiger partial charge < -0.3 is 19.9 Å². The molecule has 1 amide bonds. The van der Waals surface area contributed by atoms with Gasteiger partial charge in [-0.15, -0.1) is 0 Å². The third-order valence-electron chi connectivity index (χ3n) is 5.73. The van der Waals surface area contributed by atoms with E-state index in [9.17, 15) is 4.79 Å². The van der Waals surface area contributed by atoms with E-state index < -0.39 is 5.91 Å². The van der Waals surface area contributed by atoms with Gasteiger partial charge in [-0.05, 0) is 64.4 Å². The molecule has 0 aliphatic rings. The Bertz CT molecular complexity index is 1550. The average molecular weight is 450 g/mol. The minimum Gasteiger partial charge on any atom is -0.493 e. The van der Waals surface area contributed by atoms with Crippen LogP contribution in [0.4, 0.5) is 0 Å². The molecular weight excluding hydrogens is 428 g/mol. The smallest absolute Gasteiger partial charge is 0.248 e. The maximum Gasteiger partial charge on any atom is 0.248 e. The average Bonchev–Trinajstić information content (AvgIpc) is 2.87. The third-order valence-corrected chi connectivity index (χ3v) is 5.73. The molecular formula is C28H22N2O4. The van der Waals surface area contributed by atoms with Crippen molar-refractivity contribution in [3.8, 4) is 34.1 Å². The fourth-order valence-corrected chi connectivity index (χ4v) is 3.98. The maximum absolute atomic E-state index is 11.5. The van der Waals surface area contributed by atoms with Gasteiger partial charge in [-0.25, -0.2) is 0 Å². The van der Waals surface area contributed by atoms with E-state index >= 15 is 0 Å². The van der Waals surface area contributed by atoms with Gasteiger partial charge >= 0.3 is 0 Å². The Morgan fingerprint density at radius 1 is 0.765 bits per heavy atom. The predicted molar refractivity (Wildman–Crippen MR) is 133 cm³/mol. The highest BCUT2D eigenvalue weighted by Crippen LogP contribution is 2.37. The largest absolute Gasteiger partial charge is 0.493 e. The number of pyridine rings is 1. The summed E-state index contributed by atoms with van der Waals surface area (Å²) in [6, 6.07) is 24.9. The molecule has 0 fully saturated rings. The highest BCUT2D eigenvalue weighted by molar-refractivity contribution is 5.95. The Hall–Kier alpha value is -4.58. The molecule has 0 atom stereocenters. The van der Waals surface area contributed by atoms with E-state index in [1.54, 1.807) is 32.5 Å². The van der Waals surface area contributed by atoms with Crippen LogP contribution in [0.1, 0.15) is 10.4 Å². The fourth-order valence-electron chi connectivity index (χ4n) is 3.98. The van der Waals surface area contributed by atoms with Gasteiger partial charge in [-0.2, -0.15) is 0 Å². The van der Waals surface area contributed by atoms with E-state index in [1.165, 1.54) is 0 Å². The first-order valence-corrected chi connectivity index (χ1v) is 10.7. The summed E-state index contributed by atoms with van der Waals surface area (Å²) < 4.78 is 17.1. The van der Waals surface area contributed by atoms with Crippen LogP contribution in [0.15, 0.2) is 85.1 Å². The maximum atomic E-state index is 11.5. The molecule has 5 aromatic rings. The van der Waals surface area contributed by atoms with E-state index in [1.807, 2.05) is 60.7 Å². The van der Waals surface area contributed by atoms with E-state index in [0.717, 1.165) is 32.8 Å². The number of nitrogens with zero attached hydrogens (tertiary/aromatic N) is 1. The lowest BCUT2D eigenvalue weighted by Gasteiger charge is -2.13. The van der Waals surface area contributed by atoms with Crippen molar-refractivity contribution in [3.05, 3.63) is 90.6 Å². The summed E-state index contributed by atoms with van der Waals surface area (Å²) in [5.74, 6) is 2.16. The normalized spacial score (nSPS) is 10.9. The molecule has 0 saturated carbocycles. The van der Waals surface area contributed by atoms with Gasteiger partial charge in [0, 0.05) is 23.2 Å². The SMILES string of the molecule is COc1cc2nccc(Oc3ccc4cc(-c5cccc(C(N)=O)c5)ccc4c3)c2cc1OC. The molecule has 0 radical (unpaired) electrons. The van der Waals surface area contributed by atoms with Crippen molar-refractivity contribution in [2.45, 2.75) is 0 Å². The van der Waals surface area contributed by atoms with E-state index in [0.29, 0.717) is 28.6 Å². The Morgan fingerprint density at radius 3 is 2.29 bits per heavy atom. The van der Waals surface area contributed by atoms with Crippen LogP contribution in [0, 0.1) is 0 Å². The van der Waals surface area contributed by atoms with Gasteiger partial charge in [0.25, 0.3) is 0 Å². The van der Waals surface area contributed by atoms with Crippen molar-refractivity contribution in [2.24, 2.45) is 5.73 Å². The third kappa shape index (κ3) is 3.97. The molecule has 0 aliphatic heterocycles. The molecule has 0 saturated heterocycles. The first-order valence-electron chi connectivity index (χ1n) is 10.7.